The van der Waals surface area contributed by atoms with Gasteiger partial charge in [-0.25, -0.2) is 0 Å². The first kappa shape index (κ1) is 32.8. The van der Waals surface area contributed by atoms with Gasteiger partial charge in [-0.05, 0) is 104 Å². The van der Waals surface area contributed by atoms with Gasteiger partial charge in [0.15, 0.2) is 0 Å². The molecule has 1 aliphatic rings. The maximum atomic E-state index is 6.87. The molecule has 0 atom stereocenters. The van der Waals surface area contributed by atoms with Crippen LogP contribution < -0.4 is 4.90 Å². The average Bonchev–Trinajstić information content (AvgIpc) is 3.91. The fraction of sp³-hybridized carbons (Fsp3) is 0.0545. The third kappa shape index (κ3) is 4.80. The normalized spacial score (nSPS) is 13.1. The third-order valence-corrected chi connectivity index (χ3v) is 12.4. The van der Waals surface area contributed by atoms with Gasteiger partial charge in [0.1, 0.15) is 22.3 Å². The van der Waals surface area contributed by atoms with Crippen molar-refractivity contribution >= 4 is 71.7 Å². The lowest BCUT2D eigenvalue weighted by Gasteiger charge is -2.28. The van der Waals surface area contributed by atoms with Crippen molar-refractivity contribution in [3.8, 4) is 33.4 Å². The Morgan fingerprint density at radius 1 is 0.397 bits per heavy atom. The molecule has 0 aliphatic heterocycles. The number of furan rings is 2. The molecular formula is C55H37NO2. The molecule has 0 saturated carbocycles. The molecule has 1 aliphatic carbocycles. The molecule has 0 radical (unpaired) electrons. The standard InChI is InChI=1S/C55H37NO2/c1-55(2)46-20-10-8-17-42(46)43-30-29-40(32-47(43)55)56(39-28-23-34-13-6-7-16-37(34)31-39)38-26-24-35(25-27-38)41-19-12-22-49-52(41)45-33-50-53(44-18-9-11-21-48(44)57-50)51(54(45)58-49)36-14-4-3-5-15-36/h3-33H,1-2H3. The van der Waals surface area contributed by atoms with Gasteiger partial charge in [-0.15, -0.1) is 0 Å². The second kappa shape index (κ2) is 12.3. The van der Waals surface area contributed by atoms with Crippen LogP contribution in [0.1, 0.15) is 25.0 Å². The zero-order chi connectivity index (χ0) is 38.5. The van der Waals surface area contributed by atoms with E-state index in [1.54, 1.807) is 0 Å². The molecule has 0 fully saturated rings. The molecule has 0 saturated heterocycles. The molecular weight excluding hydrogens is 707 g/mol. The monoisotopic (exact) mass is 743 g/mol. The van der Waals surface area contributed by atoms with E-state index in [4.69, 9.17) is 8.83 Å². The van der Waals surface area contributed by atoms with Gasteiger partial charge >= 0.3 is 0 Å². The summed E-state index contributed by atoms with van der Waals surface area (Å²) in [6.45, 7) is 4.69. The van der Waals surface area contributed by atoms with Gasteiger partial charge in [0.2, 0.25) is 0 Å². The van der Waals surface area contributed by atoms with Crippen LogP contribution in [0.2, 0.25) is 0 Å². The third-order valence-electron chi connectivity index (χ3n) is 12.4. The van der Waals surface area contributed by atoms with Crippen molar-refractivity contribution in [3.05, 3.63) is 199 Å². The molecule has 0 unspecified atom stereocenters. The first-order chi connectivity index (χ1) is 28.5. The van der Waals surface area contributed by atoms with Crippen molar-refractivity contribution in [2.45, 2.75) is 19.3 Å². The molecule has 9 aromatic carbocycles. The van der Waals surface area contributed by atoms with Gasteiger partial charge in [0.25, 0.3) is 0 Å². The van der Waals surface area contributed by atoms with E-state index in [1.165, 1.54) is 33.0 Å². The van der Waals surface area contributed by atoms with Gasteiger partial charge in [-0.1, -0.05) is 147 Å². The van der Waals surface area contributed by atoms with Crippen LogP contribution in [0, 0.1) is 0 Å². The molecule has 12 rings (SSSR count). The second-order valence-corrected chi connectivity index (χ2v) is 16.1. The van der Waals surface area contributed by atoms with Crippen molar-refractivity contribution < 1.29 is 8.83 Å². The lowest BCUT2D eigenvalue weighted by Crippen LogP contribution is -2.16. The van der Waals surface area contributed by atoms with Crippen LogP contribution in [0.5, 0.6) is 0 Å². The number of hydrogen-bond donors (Lipinski definition) is 0. The van der Waals surface area contributed by atoms with Gasteiger partial charge in [0.05, 0.1) is 0 Å². The van der Waals surface area contributed by atoms with Crippen molar-refractivity contribution in [2.75, 3.05) is 4.90 Å². The number of benzene rings is 9. The lowest BCUT2D eigenvalue weighted by molar-refractivity contribution is 0.660. The molecule has 0 bridgehead atoms. The van der Waals surface area contributed by atoms with Gasteiger partial charge in [0, 0.05) is 49.6 Å². The average molecular weight is 744 g/mol. The summed E-state index contributed by atoms with van der Waals surface area (Å²) >= 11 is 0. The molecule has 0 amide bonds. The first-order valence-electron chi connectivity index (χ1n) is 20.0. The van der Waals surface area contributed by atoms with Crippen LogP contribution in [0.25, 0.3) is 88.0 Å². The predicted octanol–water partition coefficient (Wildman–Crippen LogP) is 15.7. The summed E-state index contributed by atoms with van der Waals surface area (Å²) in [6.07, 6.45) is 0. The number of hydrogen-bond acceptors (Lipinski definition) is 3. The number of anilines is 3. The van der Waals surface area contributed by atoms with Gasteiger partial charge < -0.3 is 13.7 Å². The summed E-state index contributed by atoms with van der Waals surface area (Å²) in [5, 5.41) is 6.72. The van der Waals surface area contributed by atoms with Crippen LogP contribution in [-0.2, 0) is 5.41 Å². The maximum Gasteiger partial charge on any atom is 0.144 e. The Morgan fingerprint density at radius 3 is 1.95 bits per heavy atom. The summed E-state index contributed by atoms with van der Waals surface area (Å²) < 4.78 is 13.4. The smallest absolute Gasteiger partial charge is 0.144 e. The van der Waals surface area contributed by atoms with E-state index in [2.05, 4.69) is 195 Å². The van der Waals surface area contributed by atoms with Crippen LogP contribution in [0.4, 0.5) is 17.1 Å². The highest BCUT2D eigenvalue weighted by molar-refractivity contribution is 6.25. The fourth-order valence-corrected chi connectivity index (χ4v) is 9.67. The topological polar surface area (TPSA) is 29.5 Å². The highest BCUT2D eigenvalue weighted by Gasteiger charge is 2.35. The minimum absolute atomic E-state index is 0.110. The summed E-state index contributed by atoms with van der Waals surface area (Å²) in [4.78, 5) is 2.40. The Morgan fingerprint density at radius 2 is 1.07 bits per heavy atom. The largest absolute Gasteiger partial charge is 0.456 e. The van der Waals surface area contributed by atoms with E-state index in [-0.39, 0.29) is 5.41 Å². The molecule has 3 nitrogen and oxygen atoms in total. The number of para-hydroxylation sites is 1. The molecule has 274 valence electrons. The Hall–Kier alpha value is -7.36. The number of rotatable bonds is 5. The van der Waals surface area contributed by atoms with Crippen molar-refractivity contribution in [2.24, 2.45) is 0 Å². The lowest BCUT2D eigenvalue weighted by atomic mass is 9.82. The Bertz CT molecular complexity index is 3420. The van der Waals surface area contributed by atoms with E-state index in [0.29, 0.717) is 0 Å². The van der Waals surface area contributed by atoms with Crippen LogP contribution in [0.15, 0.2) is 197 Å². The summed E-state index contributed by atoms with van der Waals surface area (Å²) in [6, 6.07) is 67.6. The maximum absolute atomic E-state index is 6.87. The molecule has 2 heterocycles. The van der Waals surface area contributed by atoms with Crippen molar-refractivity contribution in [1.82, 2.24) is 0 Å². The van der Waals surface area contributed by atoms with Crippen LogP contribution in [0.3, 0.4) is 0 Å². The van der Waals surface area contributed by atoms with E-state index in [0.717, 1.165) is 83.2 Å². The van der Waals surface area contributed by atoms with Crippen molar-refractivity contribution in [3.63, 3.8) is 0 Å². The molecule has 58 heavy (non-hydrogen) atoms. The molecule has 3 heteroatoms. The number of nitrogens with zero attached hydrogens (tertiary/aromatic N) is 1. The van der Waals surface area contributed by atoms with Crippen LogP contribution >= 0.6 is 0 Å². The zero-order valence-electron chi connectivity index (χ0n) is 32.2. The quantitative estimate of drug-likeness (QED) is 0.176. The molecule has 0 spiro atoms. The summed E-state index contributed by atoms with van der Waals surface area (Å²) in [5.41, 5.74) is 16.4. The zero-order valence-corrected chi connectivity index (χ0v) is 32.2. The predicted molar refractivity (Wildman–Crippen MR) is 242 cm³/mol. The van der Waals surface area contributed by atoms with E-state index < -0.39 is 0 Å². The number of fused-ring (bicyclic) bond motifs is 10. The Kier molecular flexibility index (Phi) is 6.98. The van der Waals surface area contributed by atoms with E-state index in [9.17, 15) is 0 Å². The minimum Gasteiger partial charge on any atom is -0.456 e. The van der Waals surface area contributed by atoms with E-state index in [1.807, 2.05) is 12.1 Å². The van der Waals surface area contributed by atoms with E-state index >= 15 is 0 Å². The van der Waals surface area contributed by atoms with Gasteiger partial charge in [-0.3, -0.25) is 0 Å². The Labute approximate surface area is 336 Å². The van der Waals surface area contributed by atoms with Crippen LogP contribution in [-0.4, -0.2) is 0 Å². The highest BCUT2D eigenvalue weighted by Crippen LogP contribution is 2.51. The highest BCUT2D eigenvalue weighted by atomic mass is 16.3. The Balaban J connectivity index is 1.03. The fourth-order valence-electron chi connectivity index (χ4n) is 9.67. The first-order valence-corrected chi connectivity index (χ1v) is 20.0. The second-order valence-electron chi connectivity index (χ2n) is 16.1. The van der Waals surface area contributed by atoms with Gasteiger partial charge in [-0.2, -0.15) is 0 Å². The SMILES string of the molecule is CC1(C)c2ccccc2-c2ccc(N(c3ccc(-c4cccc5oc6c(-c7ccccc7)c7c(cc6c45)oc4ccccc47)cc3)c3ccc4ccccc4c3)cc21. The molecule has 11 aromatic rings. The molecule has 2 aromatic heterocycles. The summed E-state index contributed by atoms with van der Waals surface area (Å²) in [7, 11) is 0. The minimum atomic E-state index is -0.110. The van der Waals surface area contributed by atoms with Crippen molar-refractivity contribution in [1.29, 1.82) is 0 Å². The summed E-state index contributed by atoms with van der Waals surface area (Å²) in [5.74, 6) is 0. The molecule has 0 N–H and O–H groups in total.